The highest BCUT2D eigenvalue weighted by molar-refractivity contribution is 9.08. The van der Waals surface area contributed by atoms with Gasteiger partial charge in [0.15, 0.2) is 5.82 Å². The first-order valence-electron chi connectivity index (χ1n) is 5.94. The highest BCUT2D eigenvalue weighted by atomic mass is 79.9. The second kappa shape index (κ2) is 5.96. The number of hydrogen-bond donors (Lipinski definition) is 0. The Bertz CT molecular complexity index is 355. The van der Waals surface area contributed by atoms with Crippen LogP contribution in [0.25, 0.3) is 0 Å². The van der Waals surface area contributed by atoms with E-state index >= 15 is 0 Å². The van der Waals surface area contributed by atoms with E-state index in [4.69, 9.17) is 4.74 Å². The summed E-state index contributed by atoms with van der Waals surface area (Å²) in [5.41, 5.74) is -0.150. The molecule has 0 atom stereocenters. The van der Waals surface area contributed by atoms with Crippen molar-refractivity contribution in [3.8, 4) is 0 Å². The van der Waals surface area contributed by atoms with Crippen molar-refractivity contribution >= 4 is 15.9 Å². The molecule has 0 fully saturated rings. The van der Waals surface area contributed by atoms with Crippen molar-refractivity contribution in [2.45, 2.75) is 58.7 Å². The molecule has 4 nitrogen and oxygen atoms in total. The van der Waals surface area contributed by atoms with Gasteiger partial charge in [-0.05, 0) is 26.7 Å². The Labute approximate surface area is 112 Å². The number of rotatable bonds is 5. The summed E-state index contributed by atoms with van der Waals surface area (Å²) < 4.78 is 7.90. The van der Waals surface area contributed by atoms with Gasteiger partial charge in [0.25, 0.3) is 0 Å². The van der Waals surface area contributed by atoms with Gasteiger partial charge in [-0.1, -0.05) is 29.8 Å². The zero-order valence-corrected chi connectivity index (χ0v) is 12.9. The van der Waals surface area contributed by atoms with Crippen LogP contribution < -0.4 is 0 Å². The molecule has 0 aliphatic rings. The molecule has 17 heavy (non-hydrogen) atoms. The maximum Gasteiger partial charge on any atom is 0.159 e. The van der Waals surface area contributed by atoms with Crippen LogP contribution in [0.5, 0.6) is 0 Å². The fourth-order valence-corrected chi connectivity index (χ4v) is 1.85. The Kier molecular flexibility index (Phi) is 5.13. The summed E-state index contributed by atoms with van der Waals surface area (Å²) in [4.78, 5) is 0. The fraction of sp³-hybridized carbons (Fsp3) is 0.833. The minimum atomic E-state index is -0.150. The van der Waals surface area contributed by atoms with Crippen LogP contribution in [0.2, 0.25) is 0 Å². The standard InChI is InChI=1S/C12H22BrN3O/c1-9(2)7-16-10(6-13)14-15-11(16)8-17-12(3,4)5/h9H,6-8H2,1-5H3. The first kappa shape index (κ1) is 14.6. The van der Waals surface area contributed by atoms with Crippen molar-refractivity contribution in [1.82, 2.24) is 14.8 Å². The summed E-state index contributed by atoms with van der Waals surface area (Å²) in [5.74, 6) is 2.44. The minimum Gasteiger partial charge on any atom is -0.368 e. The highest BCUT2D eigenvalue weighted by Gasteiger charge is 2.16. The second-order valence-corrected chi connectivity index (χ2v) is 6.13. The molecule has 0 radical (unpaired) electrons. The van der Waals surface area contributed by atoms with Gasteiger partial charge in [-0.2, -0.15) is 0 Å². The summed E-state index contributed by atoms with van der Waals surface area (Å²) in [6.45, 7) is 11.9. The normalized spacial score (nSPS) is 12.4. The number of nitrogens with zero attached hydrogens (tertiary/aromatic N) is 3. The first-order valence-corrected chi connectivity index (χ1v) is 7.06. The predicted molar refractivity (Wildman–Crippen MR) is 72.0 cm³/mol. The van der Waals surface area contributed by atoms with Crippen molar-refractivity contribution in [2.75, 3.05) is 0 Å². The molecule has 0 aromatic carbocycles. The van der Waals surface area contributed by atoms with Crippen LogP contribution >= 0.6 is 15.9 Å². The van der Waals surface area contributed by atoms with E-state index in [1.165, 1.54) is 0 Å². The minimum absolute atomic E-state index is 0.150. The molecule has 0 saturated carbocycles. The smallest absolute Gasteiger partial charge is 0.159 e. The van der Waals surface area contributed by atoms with Crippen LogP contribution in [0.4, 0.5) is 0 Å². The summed E-state index contributed by atoms with van der Waals surface area (Å²) in [6.07, 6.45) is 0. The van der Waals surface area contributed by atoms with Crippen molar-refractivity contribution in [3.05, 3.63) is 11.6 Å². The maximum atomic E-state index is 5.76. The van der Waals surface area contributed by atoms with E-state index < -0.39 is 0 Å². The third-order valence-electron chi connectivity index (χ3n) is 2.21. The Hall–Kier alpha value is -0.420. The van der Waals surface area contributed by atoms with E-state index in [0.29, 0.717) is 12.5 Å². The molecule has 5 heteroatoms. The molecular formula is C12H22BrN3O. The third-order valence-corrected chi connectivity index (χ3v) is 2.71. The first-order chi connectivity index (χ1) is 7.83. The van der Waals surface area contributed by atoms with Gasteiger partial charge < -0.3 is 9.30 Å². The largest absolute Gasteiger partial charge is 0.368 e. The maximum absolute atomic E-state index is 5.76. The molecule has 0 aliphatic heterocycles. The van der Waals surface area contributed by atoms with Gasteiger partial charge in [0.1, 0.15) is 12.4 Å². The van der Waals surface area contributed by atoms with E-state index in [9.17, 15) is 0 Å². The third kappa shape index (κ3) is 4.76. The van der Waals surface area contributed by atoms with Crippen molar-refractivity contribution in [2.24, 2.45) is 5.92 Å². The zero-order valence-electron chi connectivity index (χ0n) is 11.3. The number of halogens is 1. The van der Waals surface area contributed by atoms with Gasteiger partial charge in [-0.25, -0.2) is 0 Å². The van der Waals surface area contributed by atoms with E-state index in [1.807, 2.05) is 20.8 Å². The Morgan fingerprint density at radius 3 is 2.29 bits per heavy atom. The van der Waals surface area contributed by atoms with Crippen LogP contribution in [-0.4, -0.2) is 20.4 Å². The number of ether oxygens (including phenoxy) is 1. The predicted octanol–water partition coefficient (Wildman–Crippen LogP) is 3.14. The number of alkyl halides is 1. The number of aromatic nitrogens is 3. The molecule has 0 amide bonds. The van der Waals surface area contributed by atoms with E-state index in [1.54, 1.807) is 0 Å². The summed E-state index contributed by atoms with van der Waals surface area (Å²) in [7, 11) is 0. The Balaban J connectivity index is 2.80. The van der Waals surface area contributed by atoms with Gasteiger partial charge in [0, 0.05) is 6.54 Å². The summed E-state index contributed by atoms with van der Waals surface area (Å²) in [6, 6.07) is 0. The van der Waals surface area contributed by atoms with Crippen LogP contribution in [0.15, 0.2) is 0 Å². The molecule has 0 unspecified atom stereocenters. The van der Waals surface area contributed by atoms with E-state index in [0.717, 1.165) is 23.5 Å². The van der Waals surface area contributed by atoms with Crippen molar-refractivity contribution < 1.29 is 4.74 Å². The lowest BCUT2D eigenvalue weighted by Crippen LogP contribution is -2.21. The Morgan fingerprint density at radius 1 is 1.24 bits per heavy atom. The Morgan fingerprint density at radius 2 is 1.82 bits per heavy atom. The van der Waals surface area contributed by atoms with Crippen LogP contribution in [0, 0.1) is 5.92 Å². The number of hydrogen-bond acceptors (Lipinski definition) is 3. The monoisotopic (exact) mass is 303 g/mol. The van der Waals surface area contributed by atoms with Crippen LogP contribution in [0.3, 0.4) is 0 Å². The van der Waals surface area contributed by atoms with Gasteiger partial charge in [0.2, 0.25) is 0 Å². The molecule has 0 aliphatic carbocycles. The van der Waals surface area contributed by atoms with Gasteiger partial charge in [0.05, 0.1) is 10.9 Å². The molecular weight excluding hydrogens is 282 g/mol. The lowest BCUT2D eigenvalue weighted by Gasteiger charge is -2.20. The molecule has 0 N–H and O–H groups in total. The van der Waals surface area contributed by atoms with Crippen LogP contribution in [0.1, 0.15) is 46.3 Å². The highest BCUT2D eigenvalue weighted by Crippen LogP contribution is 2.14. The van der Waals surface area contributed by atoms with Crippen LogP contribution in [-0.2, 0) is 23.2 Å². The van der Waals surface area contributed by atoms with Gasteiger partial charge in [-0.3, -0.25) is 0 Å². The zero-order chi connectivity index (χ0) is 13.1. The summed E-state index contributed by atoms with van der Waals surface area (Å²) in [5, 5.41) is 9.10. The molecule has 98 valence electrons. The molecule has 0 bridgehead atoms. The quantitative estimate of drug-likeness (QED) is 0.785. The lowest BCUT2D eigenvalue weighted by atomic mass is 10.2. The molecule has 1 aromatic heterocycles. The fourth-order valence-electron chi connectivity index (χ4n) is 1.43. The SMILES string of the molecule is CC(C)Cn1c(CBr)nnc1COC(C)(C)C. The van der Waals surface area contributed by atoms with Gasteiger partial charge >= 0.3 is 0 Å². The second-order valence-electron chi connectivity index (χ2n) is 5.57. The molecule has 0 saturated heterocycles. The van der Waals surface area contributed by atoms with E-state index in [-0.39, 0.29) is 5.60 Å². The average molecular weight is 304 g/mol. The van der Waals surface area contributed by atoms with Gasteiger partial charge in [-0.15, -0.1) is 10.2 Å². The molecule has 1 heterocycles. The summed E-state index contributed by atoms with van der Waals surface area (Å²) >= 11 is 3.44. The van der Waals surface area contributed by atoms with E-state index in [2.05, 4.69) is 44.5 Å². The van der Waals surface area contributed by atoms with Crippen molar-refractivity contribution in [1.29, 1.82) is 0 Å². The molecule has 1 rings (SSSR count). The van der Waals surface area contributed by atoms with Crippen molar-refractivity contribution in [3.63, 3.8) is 0 Å². The molecule has 1 aromatic rings. The average Bonchev–Trinajstić information content (AvgIpc) is 2.55. The molecule has 0 spiro atoms. The topological polar surface area (TPSA) is 39.9 Å². The lowest BCUT2D eigenvalue weighted by molar-refractivity contribution is -0.0196.